The first-order valence-electron chi connectivity index (χ1n) is 10.2. The van der Waals surface area contributed by atoms with Crippen LogP contribution in [0.2, 0.25) is 0 Å². The number of carbonyl (C=O) groups excluding carboxylic acids is 1. The van der Waals surface area contributed by atoms with E-state index in [4.69, 9.17) is 9.47 Å². The molecule has 0 aliphatic rings. The summed E-state index contributed by atoms with van der Waals surface area (Å²) in [6, 6.07) is 17.6. The van der Waals surface area contributed by atoms with E-state index in [2.05, 4.69) is 15.6 Å². The Hall–Kier alpha value is -2.80. The second kappa shape index (κ2) is 11.4. The van der Waals surface area contributed by atoms with Gasteiger partial charge in [-0.05, 0) is 36.1 Å². The quantitative estimate of drug-likeness (QED) is 0.475. The van der Waals surface area contributed by atoms with Gasteiger partial charge in [0.1, 0.15) is 0 Å². The van der Waals surface area contributed by atoms with Crippen LogP contribution < -0.4 is 10.6 Å². The first-order chi connectivity index (χ1) is 14.7. The summed E-state index contributed by atoms with van der Waals surface area (Å²) in [5.41, 5.74) is 1.75. The molecule has 0 bridgehead atoms. The van der Waals surface area contributed by atoms with Crippen LogP contribution in [0.3, 0.4) is 0 Å². The van der Waals surface area contributed by atoms with Gasteiger partial charge in [0, 0.05) is 43.7 Å². The molecule has 1 heterocycles. The van der Waals surface area contributed by atoms with Gasteiger partial charge in [0.15, 0.2) is 0 Å². The van der Waals surface area contributed by atoms with Crippen molar-refractivity contribution >= 4 is 22.4 Å². The molecule has 0 fully saturated rings. The molecule has 0 spiro atoms. The Labute approximate surface area is 177 Å². The number of hydrogen-bond donors (Lipinski definition) is 2. The normalized spacial score (nSPS) is 13.1. The molecule has 0 saturated carbocycles. The average molecular weight is 408 g/mol. The molecule has 1 aromatic heterocycles. The highest BCUT2D eigenvalue weighted by atomic mass is 16.5. The molecule has 1 unspecified atom stereocenters. The minimum atomic E-state index is -0.314. The number of benzene rings is 2. The molecule has 3 aromatic rings. The molecule has 0 aliphatic heterocycles. The van der Waals surface area contributed by atoms with Gasteiger partial charge in [-0.25, -0.2) is 0 Å². The van der Waals surface area contributed by atoms with Gasteiger partial charge in [0.25, 0.3) is 0 Å². The zero-order chi connectivity index (χ0) is 21.2. The third kappa shape index (κ3) is 6.35. The lowest BCUT2D eigenvalue weighted by Gasteiger charge is -2.20. The number of aromatic nitrogens is 1. The smallest absolute Gasteiger partial charge is 0.233 e. The van der Waals surface area contributed by atoms with Crippen LogP contribution in [-0.2, 0) is 14.3 Å². The standard InChI is InChI=1S/C24H29N3O3/c1-18(30-13-12-29-2)15-26-17-23(19-6-4-3-5-7-19)24(28)27-22-9-8-21-16-25-11-10-20(21)14-22/h3-11,14,16,18,23,26H,12-13,15,17H2,1-2H3,(H,27,28)/t18?,23-/m1/s1. The zero-order valence-corrected chi connectivity index (χ0v) is 17.5. The van der Waals surface area contributed by atoms with Crippen molar-refractivity contribution in [2.45, 2.75) is 18.9 Å². The summed E-state index contributed by atoms with van der Waals surface area (Å²) in [4.78, 5) is 17.3. The number of hydrogen-bond acceptors (Lipinski definition) is 5. The van der Waals surface area contributed by atoms with Gasteiger partial charge in [0.05, 0.1) is 25.2 Å². The minimum absolute atomic E-state index is 0.0359. The van der Waals surface area contributed by atoms with Crippen LogP contribution in [0.25, 0.3) is 10.8 Å². The van der Waals surface area contributed by atoms with Crippen LogP contribution in [-0.4, -0.2) is 50.4 Å². The predicted molar refractivity (Wildman–Crippen MR) is 120 cm³/mol. The summed E-state index contributed by atoms with van der Waals surface area (Å²) in [7, 11) is 1.65. The highest BCUT2D eigenvalue weighted by Gasteiger charge is 2.21. The van der Waals surface area contributed by atoms with Gasteiger partial charge in [-0.15, -0.1) is 0 Å². The molecule has 0 saturated heterocycles. The van der Waals surface area contributed by atoms with Crippen molar-refractivity contribution < 1.29 is 14.3 Å². The number of anilines is 1. The van der Waals surface area contributed by atoms with E-state index in [9.17, 15) is 4.79 Å². The molecule has 3 rings (SSSR count). The summed E-state index contributed by atoms with van der Waals surface area (Å²) < 4.78 is 10.7. The Balaban J connectivity index is 1.64. The molecular formula is C24H29N3O3. The number of methoxy groups -OCH3 is 1. The fraction of sp³-hybridized carbons (Fsp3) is 0.333. The summed E-state index contributed by atoms with van der Waals surface area (Å²) >= 11 is 0. The topological polar surface area (TPSA) is 72.5 Å². The zero-order valence-electron chi connectivity index (χ0n) is 17.5. The van der Waals surface area contributed by atoms with Crippen LogP contribution in [0.15, 0.2) is 67.0 Å². The number of nitrogens with zero attached hydrogens (tertiary/aromatic N) is 1. The van der Waals surface area contributed by atoms with Crippen molar-refractivity contribution in [1.82, 2.24) is 10.3 Å². The maximum Gasteiger partial charge on any atom is 0.233 e. The molecule has 0 radical (unpaired) electrons. The van der Waals surface area contributed by atoms with Crippen molar-refractivity contribution in [3.63, 3.8) is 0 Å². The highest BCUT2D eigenvalue weighted by Crippen LogP contribution is 2.21. The number of carbonyl (C=O) groups is 1. The van der Waals surface area contributed by atoms with Gasteiger partial charge in [-0.3, -0.25) is 9.78 Å². The highest BCUT2D eigenvalue weighted by molar-refractivity contribution is 5.98. The molecule has 2 aromatic carbocycles. The van der Waals surface area contributed by atoms with Crippen molar-refractivity contribution in [3.05, 3.63) is 72.6 Å². The Morgan fingerprint density at radius 3 is 2.67 bits per heavy atom. The van der Waals surface area contributed by atoms with Gasteiger partial charge in [-0.2, -0.15) is 0 Å². The third-order valence-corrected chi connectivity index (χ3v) is 4.90. The molecule has 0 aliphatic carbocycles. The number of amides is 1. The molecule has 30 heavy (non-hydrogen) atoms. The van der Waals surface area contributed by atoms with Gasteiger partial charge >= 0.3 is 0 Å². The van der Waals surface area contributed by atoms with Gasteiger partial charge in [-0.1, -0.05) is 36.4 Å². The van der Waals surface area contributed by atoms with E-state index >= 15 is 0 Å². The van der Waals surface area contributed by atoms with Crippen molar-refractivity contribution in [1.29, 1.82) is 0 Å². The third-order valence-electron chi connectivity index (χ3n) is 4.90. The molecule has 6 nitrogen and oxygen atoms in total. The Kier molecular flexibility index (Phi) is 8.32. The summed E-state index contributed by atoms with van der Waals surface area (Å²) in [6.45, 7) is 4.31. The fourth-order valence-electron chi connectivity index (χ4n) is 3.26. The van der Waals surface area contributed by atoms with E-state index in [-0.39, 0.29) is 17.9 Å². The van der Waals surface area contributed by atoms with Crippen LogP contribution >= 0.6 is 0 Å². The van der Waals surface area contributed by atoms with E-state index in [0.29, 0.717) is 26.3 Å². The van der Waals surface area contributed by atoms with Gasteiger partial charge < -0.3 is 20.1 Å². The molecule has 2 N–H and O–H groups in total. The summed E-state index contributed by atoms with van der Waals surface area (Å²) in [5.74, 6) is -0.361. The van der Waals surface area contributed by atoms with Gasteiger partial charge in [0.2, 0.25) is 5.91 Å². The lowest BCUT2D eigenvalue weighted by Crippen LogP contribution is -2.35. The van der Waals surface area contributed by atoms with Crippen LogP contribution in [0, 0.1) is 0 Å². The van der Waals surface area contributed by atoms with Crippen molar-refractivity contribution in [2.24, 2.45) is 0 Å². The maximum atomic E-state index is 13.1. The number of rotatable bonds is 11. The molecule has 2 atom stereocenters. The monoisotopic (exact) mass is 407 g/mol. The van der Waals surface area contributed by atoms with Crippen LogP contribution in [0.5, 0.6) is 0 Å². The van der Waals surface area contributed by atoms with E-state index in [1.54, 1.807) is 13.3 Å². The number of pyridine rings is 1. The second-order valence-corrected chi connectivity index (χ2v) is 7.22. The summed E-state index contributed by atoms with van der Waals surface area (Å²) in [5, 5.41) is 8.52. The average Bonchev–Trinajstić information content (AvgIpc) is 2.77. The molecule has 1 amide bonds. The minimum Gasteiger partial charge on any atom is -0.382 e. The lowest BCUT2D eigenvalue weighted by atomic mass is 9.97. The lowest BCUT2D eigenvalue weighted by molar-refractivity contribution is -0.117. The Morgan fingerprint density at radius 1 is 1.03 bits per heavy atom. The van der Waals surface area contributed by atoms with E-state index in [0.717, 1.165) is 22.0 Å². The largest absolute Gasteiger partial charge is 0.382 e. The van der Waals surface area contributed by atoms with E-state index in [1.165, 1.54) is 0 Å². The van der Waals surface area contributed by atoms with Crippen molar-refractivity contribution in [2.75, 3.05) is 38.7 Å². The van der Waals surface area contributed by atoms with Crippen molar-refractivity contribution in [3.8, 4) is 0 Å². The molecule has 158 valence electrons. The first kappa shape index (κ1) is 21.9. The number of nitrogens with one attached hydrogen (secondary N) is 2. The predicted octanol–water partition coefficient (Wildman–Crippen LogP) is 3.60. The van der Waals surface area contributed by atoms with E-state index in [1.807, 2.05) is 67.7 Å². The maximum absolute atomic E-state index is 13.1. The number of ether oxygens (including phenoxy) is 2. The SMILES string of the molecule is COCCOC(C)CNC[C@@H](C(=O)Nc1ccc2cnccc2c1)c1ccccc1. The van der Waals surface area contributed by atoms with Crippen LogP contribution in [0.1, 0.15) is 18.4 Å². The Bertz CT molecular complexity index is 933. The number of fused-ring (bicyclic) bond motifs is 1. The molecule has 6 heteroatoms. The Morgan fingerprint density at radius 2 is 1.87 bits per heavy atom. The van der Waals surface area contributed by atoms with E-state index < -0.39 is 0 Å². The fourth-order valence-corrected chi connectivity index (χ4v) is 3.26. The molecular weight excluding hydrogens is 378 g/mol. The van der Waals surface area contributed by atoms with Crippen LogP contribution in [0.4, 0.5) is 5.69 Å². The first-order valence-corrected chi connectivity index (χ1v) is 10.2. The summed E-state index contributed by atoms with van der Waals surface area (Å²) in [6.07, 6.45) is 3.60. The second-order valence-electron chi connectivity index (χ2n) is 7.22.